The zero-order valence-corrected chi connectivity index (χ0v) is 18.2. The highest BCUT2D eigenvalue weighted by Gasteiger charge is 2.27. The van der Waals surface area contributed by atoms with Gasteiger partial charge in [-0.3, -0.25) is 13.9 Å². The van der Waals surface area contributed by atoms with Gasteiger partial charge in [-0.25, -0.2) is 4.79 Å². The van der Waals surface area contributed by atoms with Crippen LogP contribution in [0.3, 0.4) is 0 Å². The van der Waals surface area contributed by atoms with Gasteiger partial charge in [0.1, 0.15) is 0 Å². The van der Waals surface area contributed by atoms with Gasteiger partial charge < -0.3 is 9.47 Å². The first kappa shape index (κ1) is 20.1. The van der Waals surface area contributed by atoms with Crippen LogP contribution in [0.4, 0.5) is 11.6 Å². The maximum Gasteiger partial charge on any atom is 0.332 e. The van der Waals surface area contributed by atoms with Crippen molar-refractivity contribution >= 4 is 28.9 Å². The molecule has 5 rings (SSSR count). The van der Waals surface area contributed by atoms with E-state index in [1.807, 2.05) is 59.2 Å². The molecule has 0 aliphatic carbocycles. The van der Waals surface area contributed by atoms with E-state index in [1.54, 1.807) is 7.05 Å². The minimum atomic E-state index is -0.363. The van der Waals surface area contributed by atoms with Crippen molar-refractivity contribution in [3.8, 4) is 0 Å². The molecule has 1 aliphatic heterocycles. The van der Waals surface area contributed by atoms with Crippen LogP contribution in [-0.2, 0) is 20.1 Å². The molecule has 0 bridgehead atoms. The average Bonchev–Trinajstić information content (AvgIpc) is 3.21. The highest BCUT2D eigenvalue weighted by molar-refractivity contribution is 5.77. The third-order valence-electron chi connectivity index (χ3n) is 6.02. The molecular formula is C25H25N5O2. The van der Waals surface area contributed by atoms with E-state index in [0.717, 1.165) is 29.8 Å². The Balaban J connectivity index is 1.62. The number of hydrogen-bond donors (Lipinski definition) is 0. The van der Waals surface area contributed by atoms with Crippen molar-refractivity contribution in [3.63, 3.8) is 0 Å². The van der Waals surface area contributed by atoms with Gasteiger partial charge >= 0.3 is 5.69 Å². The molecule has 0 saturated heterocycles. The van der Waals surface area contributed by atoms with Crippen molar-refractivity contribution < 1.29 is 0 Å². The molecule has 162 valence electrons. The van der Waals surface area contributed by atoms with Crippen LogP contribution in [0.1, 0.15) is 17.5 Å². The number of nitrogens with zero attached hydrogens (tertiary/aromatic N) is 5. The fraction of sp³-hybridized carbons (Fsp3) is 0.240. The summed E-state index contributed by atoms with van der Waals surface area (Å²) in [6.07, 6.45) is 4.65. The first-order valence-corrected chi connectivity index (χ1v) is 10.8. The lowest BCUT2D eigenvalue weighted by Gasteiger charge is -2.30. The molecule has 2 aromatic heterocycles. The number of imidazole rings is 1. The normalized spacial score (nSPS) is 13.8. The monoisotopic (exact) mass is 427 g/mol. The molecule has 0 amide bonds. The van der Waals surface area contributed by atoms with E-state index < -0.39 is 0 Å². The zero-order chi connectivity index (χ0) is 22.2. The van der Waals surface area contributed by atoms with E-state index in [9.17, 15) is 9.59 Å². The molecule has 2 aromatic carbocycles. The van der Waals surface area contributed by atoms with Gasteiger partial charge in [0.2, 0.25) is 5.95 Å². The topological polar surface area (TPSA) is 65.1 Å². The number of para-hydroxylation sites is 1. The van der Waals surface area contributed by atoms with Gasteiger partial charge in [-0.05, 0) is 30.5 Å². The number of aromatic nitrogens is 4. The summed E-state index contributed by atoms with van der Waals surface area (Å²) in [5, 5.41) is 0. The summed E-state index contributed by atoms with van der Waals surface area (Å²) in [6.45, 7) is 3.79. The number of allylic oxidation sites excluding steroid dienone is 1. The third kappa shape index (κ3) is 3.26. The lowest BCUT2D eigenvalue weighted by molar-refractivity contribution is 0.598. The standard InChI is InChI=1S/C25H25N5O2/c1-18-10-6-7-14-20(18)28-16-9-17-29-21-22(26-24(28)29)27(2)25(32)30(23(21)31)15-8-13-19-11-4-3-5-12-19/h3-8,10-14H,9,15-17H2,1-2H3/b13-8+. The molecule has 7 nitrogen and oxygen atoms in total. The van der Waals surface area contributed by atoms with Crippen molar-refractivity contribution in [2.75, 3.05) is 11.4 Å². The molecule has 4 aromatic rings. The fourth-order valence-electron chi connectivity index (χ4n) is 4.38. The van der Waals surface area contributed by atoms with Gasteiger partial charge in [0, 0.05) is 32.4 Å². The van der Waals surface area contributed by atoms with Gasteiger partial charge in [0.15, 0.2) is 11.2 Å². The number of rotatable bonds is 4. The predicted octanol–water partition coefficient (Wildman–Crippen LogP) is 3.46. The summed E-state index contributed by atoms with van der Waals surface area (Å²) >= 11 is 0. The minimum absolute atomic E-state index is 0.207. The Labute approximate surface area is 185 Å². The van der Waals surface area contributed by atoms with Crippen molar-refractivity contribution in [3.05, 3.63) is 92.6 Å². The van der Waals surface area contributed by atoms with Crippen LogP contribution in [0.15, 0.2) is 70.3 Å². The van der Waals surface area contributed by atoms with E-state index >= 15 is 0 Å². The van der Waals surface area contributed by atoms with Crippen LogP contribution in [0.25, 0.3) is 17.2 Å². The minimum Gasteiger partial charge on any atom is -0.312 e. The zero-order valence-electron chi connectivity index (χ0n) is 18.2. The second-order valence-corrected chi connectivity index (χ2v) is 8.10. The van der Waals surface area contributed by atoms with Crippen LogP contribution in [0, 0.1) is 6.92 Å². The second kappa shape index (κ2) is 8.00. The highest BCUT2D eigenvalue weighted by Crippen LogP contribution is 2.32. The van der Waals surface area contributed by atoms with E-state index in [0.29, 0.717) is 23.7 Å². The Bertz CT molecular complexity index is 1440. The summed E-state index contributed by atoms with van der Waals surface area (Å²) in [4.78, 5) is 33.3. The maximum atomic E-state index is 13.4. The molecule has 0 N–H and O–H groups in total. The van der Waals surface area contributed by atoms with Crippen molar-refractivity contribution in [2.24, 2.45) is 7.05 Å². The molecule has 0 fully saturated rings. The predicted molar refractivity (Wildman–Crippen MR) is 128 cm³/mol. The quantitative estimate of drug-likeness (QED) is 0.500. The van der Waals surface area contributed by atoms with Gasteiger partial charge in [0.05, 0.1) is 0 Å². The molecule has 0 radical (unpaired) electrons. The molecular weight excluding hydrogens is 402 g/mol. The molecule has 0 atom stereocenters. The average molecular weight is 428 g/mol. The Morgan fingerprint density at radius 2 is 1.75 bits per heavy atom. The van der Waals surface area contributed by atoms with Crippen LogP contribution in [0.5, 0.6) is 0 Å². The lowest BCUT2D eigenvalue weighted by atomic mass is 10.1. The van der Waals surface area contributed by atoms with Crippen molar-refractivity contribution in [1.29, 1.82) is 0 Å². The lowest BCUT2D eigenvalue weighted by Crippen LogP contribution is -2.39. The number of hydrogen-bond acceptors (Lipinski definition) is 4. The van der Waals surface area contributed by atoms with E-state index in [4.69, 9.17) is 4.98 Å². The first-order chi connectivity index (χ1) is 15.6. The van der Waals surface area contributed by atoms with E-state index in [2.05, 4.69) is 24.0 Å². The van der Waals surface area contributed by atoms with Crippen molar-refractivity contribution in [1.82, 2.24) is 18.7 Å². The Morgan fingerprint density at radius 1 is 1.00 bits per heavy atom. The summed E-state index contributed by atoms with van der Waals surface area (Å²) in [5.41, 5.74) is 3.48. The van der Waals surface area contributed by atoms with E-state index in [-0.39, 0.29) is 17.8 Å². The molecule has 7 heteroatoms. The molecule has 32 heavy (non-hydrogen) atoms. The van der Waals surface area contributed by atoms with Gasteiger partial charge in [-0.1, -0.05) is 60.7 Å². The Kier molecular flexibility index (Phi) is 5.01. The number of aryl methyl sites for hydroxylation is 3. The van der Waals surface area contributed by atoms with Gasteiger partial charge in [0.25, 0.3) is 5.56 Å². The Hall–Kier alpha value is -3.87. The smallest absolute Gasteiger partial charge is 0.312 e. The number of fused-ring (bicyclic) bond motifs is 3. The largest absolute Gasteiger partial charge is 0.332 e. The SMILES string of the molecule is Cc1ccccc1N1CCCn2c1nc1c2c(=O)n(C/C=C/c2ccccc2)c(=O)n1C. The number of benzene rings is 2. The summed E-state index contributed by atoms with van der Waals surface area (Å²) < 4.78 is 4.72. The van der Waals surface area contributed by atoms with Crippen LogP contribution in [-0.4, -0.2) is 25.2 Å². The summed E-state index contributed by atoms with van der Waals surface area (Å²) in [7, 11) is 1.68. The van der Waals surface area contributed by atoms with Gasteiger partial charge in [-0.15, -0.1) is 0 Å². The molecule has 0 unspecified atom stereocenters. The van der Waals surface area contributed by atoms with Crippen LogP contribution in [0.2, 0.25) is 0 Å². The van der Waals surface area contributed by atoms with E-state index in [1.165, 1.54) is 9.13 Å². The molecule has 0 spiro atoms. The molecule has 3 heterocycles. The Morgan fingerprint density at radius 3 is 2.53 bits per heavy atom. The fourth-order valence-corrected chi connectivity index (χ4v) is 4.38. The summed E-state index contributed by atoms with van der Waals surface area (Å²) in [5.74, 6) is 0.713. The van der Waals surface area contributed by atoms with Crippen LogP contribution < -0.4 is 16.1 Å². The summed E-state index contributed by atoms with van der Waals surface area (Å²) in [6, 6.07) is 18.0. The molecule has 1 aliphatic rings. The second-order valence-electron chi connectivity index (χ2n) is 8.10. The maximum absolute atomic E-state index is 13.4. The number of anilines is 2. The van der Waals surface area contributed by atoms with Crippen LogP contribution >= 0.6 is 0 Å². The molecule has 0 saturated carbocycles. The van der Waals surface area contributed by atoms with Crippen molar-refractivity contribution in [2.45, 2.75) is 26.4 Å². The first-order valence-electron chi connectivity index (χ1n) is 10.8. The highest BCUT2D eigenvalue weighted by atomic mass is 16.2. The van der Waals surface area contributed by atoms with Gasteiger partial charge in [-0.2, -0.15) is 4.98 Å². The third-order valence-corrected chi connectivity index (χ3v) is 6.02.